The summed E-state index contributed by atoms with van der Waals surface area (Å²) in [6, 6.07) is 13.7. The predicted molar refractivity (Wildman–Crippen MR) is 105 cm³/mol. The number of hydrogen-bond donors (Lipinski definition) is 1. The summed E-state index contributed by atoms with van der Waals surface area (Å²) in [5.41, 5.74) is 2.07. The molecule has 0 unspecified atom stereocenters. The lowest BCUT2D eigenvalue weighted by molar-refractivity contribution is -0.116. The van der Waals surface area contributed by atoms with Gasteiger partial charge in [0.2, 0.25) is 5.91 Å². The fourth-order valence-electron chi connectivity index (χ4n) is 3.21. The Bertz CT molecular complexity index is 901. The van der Waals surface area contributed by atoms with Crippen molar-refractivity contribution < 1.29 is 19.2 Å². The van der Waals surface area contributed by atoms with Crippen molar-refractivity contribution >= 4 is 29.2 Å². The summed E-state index contributed by atoms with van der Waals surface area (Å²) in [4.78, 5) is 49.3. The molecule has 3 amide bonds. The highest BCUT2D eigenvalue weighted by atomic mass is 16.2. The highest BCUT2D eigenvalue weighted by Crippen LogP contribution is 2.22. The number of rotatable bonds is 8. The van der Waals surface area contributed by atoms with Crippen molar-refractivity contribution in [1.82, 2.24) is 4.90 Å². The molecule has 3 rings (SSSR count). The van der Waals surface area contributed by atoms with E-state index in [1.807, 2.05) is 0 Å². The Labute approximate surface area is 163 Å². The lowest BCUT2D eigenvalue weighted by atomic mass is 10.1. The van der Waals surface area contributed by atoms with Crippen LogP contribution in [-0.4, -0.2) is 34.9 Å². The van der Waals surface area contributed by atoms with Crippen molar-refractivity contribution in [2.75, 3.05) is 11.9 Å². The van der Waals surface area contributed by atoms with Crippen LogP contribution < -0.4 is 5.32 Å². The monoisotopic (exact) mass is 378 g/mol. The van der Waals surface area contributed by atoms with Crippen LogP contribution in [-0.2, 0) is 4.79 Å². The number of hydrogen-bond acceptors (Lipinski definition) is 4. The third kappa shape index (κ3) is 4.34. The highest BCUT2D eigenvalue weighted by Gasteiger charge is 2.34. The Hall–Kier alpha value is -3.28. The van der Waals surface area contributed by atoms with Gasteiger partial charge in [0.25, 0.3) is 11.8 Å². The zero-order valence-electron chi connectivity index (χ0n) is 15.7. The summed E-state index contributed by atoms with van der Waals surface area (Å²) >= 11 is 0. The molecule has 6 nitrogen and oxygen atoms in total. The van der Waals surface area contributed by atoms with Crippen molar-refractivity contribution in [3.8, 4) is 0 Å². The number of unbranched alkanes of at least 4 members (excludes halogenated alkanes) is 2. The van der Waals surface area contributed by atoms with Crippen LogP contribution in [0.2, 0.25) is 0 Å². The van der Waals surface area contributed by atoms with Crippen molar-refractivity contribution in [1.29, 1.82) is 0 Å². The molecule has 144 valence electrons. The van der Waals surface area contributed by atoms with Gasteiger partial charge < -0.3 is 5.32 Å². The molecule has 0 spiro atoms. The van der Waals surface area contributed by atoms with Crippen LogP contribution in [0.25, 0.3) is 0 Å². The van der Waals surface area contributed by atoms with E-state index in [1.165, 1.54) is 11.8 Å². The SMILES string of the molecule is CC(=O)c1cccc(NC(=O)CCCCCN2C(=O)c3ccccc3C2=O)c1. The number of Topliss-reactive ketones (excluding diaryl/α,β-unsaturated/α-hetero) is 1. The van der Waals surface area contributed by atoms with Crippen LogP contribution in [0.1, 0.15) is 63.7 Å². The maximum Gasteiger partial charge on any atom is 0.261 e. The molecule has 0 bridgehead atoms. The molecule has 28 heavy (non-hydrogen) atoms. The Kier molecular flexibility index (Phi) is 5.99. The van der Waals surface area contributed by atoms with E-state index in [1.54, 1.807) is 48.5 Å². The molecule has 0 radical (unpaired) electrons. The number of imide groups is 1. The van der Waals surface area contributed by atoms with Crippen molar-refractivity contribution in [2.45, 2.75) is 32.6 Å². The second-order valence-electron chi connectivity index (χ2n) is 6.80. The van der Waals surface area contributed by atoms with E-state index in [4.69, 9.17) is 0 Å². The molecule has 1 aliphatic heterocycles. The Morgan fingerprint density at radius 1 is 0.893 bits per heavy atom. The first-order valence-electron chi connectivity index (χ1n) is 9.33. The quantitative estimate of drug-likeness (QED) is 0.431. The number of carbonyl (C=O) groups excluding carboxylic acids is 4. The molecule has 2 aromatic rings. The van der Waals surface area contributed by atoms with E-state index < -0.39 is 0 Å². The van der Waals surface area contributed by atoms with Gasteiger partial charge in [-0.15, -0.1) is 0 Å². The molecule has 0 saturated carbocycles. The minimum atomic E-state index is -0.247. The average Bonchev–Trinajstić information content (AvgIpc) is 2.93. The Morgan fingerprint density at radius 2 is 1.57 bits per heavy atom. The predicted octanol–water partition coefficient (Wildman–Crippen LogP) is 3.68. The van der Waals surface area contributed by atoms with Crippen LogP contribution in [0.15, 0.2) is 48.5 Å². The summed E-state index contributed by atoms with van der Waals surface area (Å²) in [5.74, 6) is -0.668. The van der Waals surface area contributed by atoms with Gasteiger partial charge in [-0.3, -0.25) is 24.1 Å². The Morgan fingerprint density at radius 3 is 2.21 bits per heavy atom. The van der Waals surface area contributed by atoms with Gasteiger partial charge in [0.15, 0.2) is 5.78 Å². The molecule has 0 fully saturated rings. The molecule has 1 aliphatic rings. The highest BCUT2D eigenvalue weighted by molar-refractivity contribution is 6.21. The minimum absolute atomic E-state index is 0.0516. The second kappa shape index (κ2) is 8.61. The lowest BCUT2D eigenvalue weighted by Crippen LogP contribution is -2.30. The summed E-state index contributed by atoms with van der Waals surface area (Å²) in [5, 5.41) is 2.79. The average molecular weight is 378 g/mol. The molecule has 1 heterocycles. The summed E-state index contributed by atoms with van der Waals surface area (Å²) < 4.78 is 0. The largest absolute Gasteiger partial charge is 0.326 e. The number of amides is 3. The minimum Gasteiger partial charge on any atom is -0.326 e. The molecule has 0 saturated heterocycles. The molecule has 0 atom stereocenters. The van der Waals surface area contributed by atoms with Gasteiger partial charge in [0.1, 0.15) is 0 Å². The van der Waals surface area contributed by atoms with Gasteiger partial charge in [-0.25, -0.2) is 0 Å². The number of fused-ring (bicyclic) bond motifs is 1. The lowest BCUT2D eigenvalue weighted by Gasteiger charge is -2.13. The third-order valence-electron chi connectivity index (χ3n) is 4.72. The van der Waals surface area contributed by atoms with Crippen LogP contribution in [0.5, 0.6) is 0 Å². The van der Waals surface area contributed by atoms with Crippen molar-refractivity contribution in [3.63, 3.8) is 0 Å². The van der Waals surface area contributed by atoms with E-state index in [2.05, 4.69) is 5.32 Å². The van der Waals surface area contributed by atoms with E-state index >= 15 is 0 Å². The maximum atomic E-state index is 12.3. The molecule has 2 aromatic carbocycles. The smallest absolute Gasteiger partial charge is 0.261 e. The van der Waals surface area contributed by atoms with Gasteiger partial charge in [-0.1, -0.05) is 30.7 Å². The molecular formula is C22H22N2O4. The summed E-state index contributed by atoms with van der Waals surface area (Å²) in [6.07, 6.45) is 2.38. The standard InChI is InChI=1S/C22H22N2O4/c1-15(25)16-8-7-9-17(14-16)23-20(26)12-3-2-6-13-24-21(27)18-10-4-5-11-19(18)22(24)28/h4-5,7-11,14H,2-3,6,12-13H2,1H3,(H,23,26). The normalized spacial score (nSPS) is 12.8. The van der Waals surface area contributed by atoms with E-state index in [0.717, 1.165) is 6.42 Å². The van der Waals surface area contributed by atoms with E-state index in [0.29, 0.717) is 48.2 Å². The number of nitrogens with one attached hydrogen (secondary N) is 1. The van der Waals surface area contributed by atoms with Gasteiger partial charge in [0, 0.05) is 24.2 Å². The fraction of sp³-hybridized carbons (Fsp3) is 0.273. The summed E-state index contributed by atoms with van der Waals surface area (Å²) in [6.45, 7) is 1.84. The van der Waals surface area contributed by atoms with Crippen LogP contribution >= 0.6 is 0 Å². The number of carbonyl (C=O) groups is 4. The number of ketones is 1. The van der Waals surface area contributed by atoms with Gasteiger partial charge in [-0.05, 0) is 44.0 Å². The second-order valence-corrected chi connectivity index (χ2v) is 6.80. The first-order chi connectivity index (χ1) is 13.5. The maximum absolute atomic E-state index is 12.3. The third-order valence-corrected chi connectivity index (χ3v) is 4.72. The number of anilines is 1. The van der Waals surface area contributed by atoms with Gasteiger partial charge in [0.05, 0.1) is 11.1 Å². The van der Waals surface area contributed by atoms with Crippen LogP contribution in [0, 0.1) is 0 Å². The zero-order chi connectivity index (χ0) is 20.1. The van der Waals surface area contributed by atoms with E-state index in [9.17, 15) is 19.2 Å². The van der Waals surface area contributed by atoms with Crippen LogP contribution in [0.4, 0.5) is 5.69 Å². The van der Waals surface area contributed by atoms with Gasteiger partial charge >= 0.3 is 0 Å². The van der Waals surface area contributed by atoms with Crippen LogP contribution in [0.3, 0.4) is 0 Å². The molecule has 0 aliphatic carbocycles. The van der Waals surface area contributed by atoms with Crippen molar-refractivity contribution in [3.05, 3.63) is 65.2 Å². The van der Waals surface area contributed by atoms with Crippen molar-refractivity contribution in [2.24, 2.45) is 0 Å². The topological polar surface area (TPSA) is 83.6 Å². The molecule has 1 N–H and O–H groups in total. The van der Waals surface area contributed by atoms with Gasteiger partial charge in [-0.2, -0.15) is 0 Å². The number of nitrogens with zero attached hydrogens (tertiary/aromatic N) is 1. The molecule has 6 heteroatoms. The molecular weight excluding hydrogens is 356 g/mol. The molecule has 0 aromatic heterocycles. The first kappa shape index (κ1) is 19.5. The Balaban J connectivity index is 1.40. The zero-order valence-corrected chi connectivity index (χ0v) is 15.7. The first-order valence-corrected chi connectivity index (χ1v) is 9.33. The summed E-state index contributed by atoms with van der Waals surface area (Å²) in [7, 11) is 0. The van der Waals surface area contributed by atoms with E-state index in [-0.39, 0.29) is 23.5 Å². The fourth-order valence-corrected chi connectivity index (χ4v) is 3.21. The number of benzene rings is 2.